The third-order valence-corrected chi connectivity index (χ3v) is 4.50. The molecule has 0 aromatic heterocycles. The highest BCUT2D eigenvalue weighted by Crippen LogP contribution is 2.24. The third-order valence-electron chi connectivity index (χ3n) is 2.70. The van der Waals surface area contributed by atoms with Crippen LogP contribution in [0.25, 0.3) is 0 Å². The molecule has 0 aliphatic heterocycles. The second kappa shape index (κ2) is 5.62. The lowest BCUT2D eigenvalue weighted by Gasteiger charge is -2.24. The maximum Gasteiger partial charge on any atom is 0.320 e. The zero-order valence-electron chi connectivity index (χ0n) is 10.3. The van der Waals surface area contributed by atoms with Gasteiger partial charge in [-0.3, -0.25) is 4.79 Å². The topological polar surface area (TPSA) is 74.7 Å². The number of carbonyl (C=O) groups is 1. The van der Waals surface area contributed by atoms with E-state index in [-0.39, 0.29) is 5.56 Å². The molecule has 19 heavy (non-hydrogen) atoms. The molecule has 8 heteroatoms. The summed E-state index contributed by atoms with van der Waals surface area (Å²) in [6, 6.07) is 1.67. The van der Waals surface area contributed by atoms with Crippen molar-refractivity contribution >= 4 is 16.0 Å². The van der Waals surface area contributed by atoms with Gasteiger partial charge in [0.05, 0.1) is 0 Å². The highest BCUT2D eigenvalue weighted by molar-refractivity contribution is 7.89. The SMILES string of the molecule is CC(c1cc(F)ccc1F)N(C)S(=O)(=O)CC(=O)O. The van der Waals surface area contributed by atoms with E-state index >= 15 is 0 Å². The Bertz CT molecular complexity index is 588. The molecule has 0 aliphatic rings. The van der Waals surface area contributed by atoms with E-state index in [0.717, 1.165) is 25.2 Å². The fraction of sp³-hybridized carbons (Fsp3) is 0.364. The zero-order valence-corrected chi connectivity index (χ0v) is 11.1. The van der Waals surface area contributed by atoms with Gasteiger partial charge in [-0.25, -0.2) is 17.2 Å². The summed E-state index contributed by atoms with van der Waals surface area (Å²) in [5.41, 5.74) is -0.156. The van der Waals surface area contributed by atoms with Gasteiger partial charge >= 0.3 is 5.97 Å². The first-order valence-corrected chi connectivity index (χ1v) is 6.88. The molecule has 0 saturated heterocycles. The van der Waals surface area contributed by atoms with E-state index in [9.17, 15) is 22.0 Å². The minimum Gasteiger partial charge on any atom is -0.480 e. The molecule has 1 unspecified atom stereocenters. The Kier molecular flexibility index (Phi) is 4.59. The molecule has 1 rings (SSSR count). The molecule has 106 valence electrons. The van der Waals surface area contributed by atoms with Gasteiger partial charge in [0.25, 0.3) is 0 Å². The Morgan fingerprint density at radius 2 is 2.00 bits per heavy atom. The highest BCUT2D eigenvalue weighted by Gasteiger charge is 2.28. The van der Waals surface area contributed by atoms with E-state index in [4.69, 9.17) is 5.11 Å². The van der Waals surface area contributed by atoms with Crippen molar-refractivity contribution in [2.75, 3.05) is 12.8 Å². The van der Waals surface area contributed by atoms with Gasteiger partial charge in [-0.2, -0.15) is 4.31 Å². The van der Waals surface area contributed by atoms with Crippen molar-refractivity contribution in [3.8, 4) is 0 Å². The maximum absolute atomic E-state index is 13.5. The first-order valence-electron chi connectivity index (χ1n) is 5.27. The van der Waals surface area contributed by atoms with Gasteiger partial charge in [-0.15, -0.1) is 0 Å². The van der Waals surface area contributed by atoms with Crippen LogP contribution < -0.4 is 0 Å². The van der Waals surface area contributed by atoms with Gasteiger partial charge in [0.2, 0.25) is 10.0 Å². The molecule has 5 nitrogen and oxygen atoms in total. The minimum atomic E-state index is -4.09. The molecule has 0 bridgehead atoms. The van der Waals surface area contributed by atoms with Crippen LogP contribution in [0, 0.1) is 11.6 Å². The predicted octanol–water partition coefficient (Wildman–Crippen LogP) is 1.37. The first kappa shape index (κ1) is 15.5. The number of rotatable bonds is 5. The number of hydrogen-bond donors (Lipinski definition) is 1. The van der Waals surface area contributed by atoms with Crippen LogP contribution in [0.3, 0.4) is 0 Å². The molecule has 0 heterocycles. The van der Waals surface area contributed by atoms with Crippen molar-refractivity contribution in [1.29, 1.82) is 0 Å². The largest absolute Gasteiger partial charge is 0.480 e. The second-order valence-electron chi connectivity index (χ2n) is 4.01. The Hall–Kier alpha value is -1.54. The lowest BCUT2D eigenvalue weighted by atomic mass is 10.1. The summed E-state index contributed by atoms with van der Waals surface area (Å²) in [5, 5.41) is 8.51. The summed E-state index contributed by atoms with van der Waals surface area (Å²) in [6.45, 7) is 1.34. The van der Waals surface area contributed by atoms with Gasteiger partial charge in [0.1, 0.15) is 11.6 Å². The minimum absolute atomic E-state index is 0.156. The van der Waals surface area contributed by atoms with Gasteiger partial charge in [-0.1, -0.05) is 0 Å². The summed E-state index contributed by atoms with van der Waals surface area (Å²) in [4.78, 5) is 10.5. The van der Waals surface area contributed by atoms with Gasteiger partial charge in [-0.05, 0) is 25.1 Å². The van der Waals surface area contributed by atoms with Crippen LogP contribution in [0.15, 0.2) is 18.2 Å². The van der Waals surface area contributed by atoms with Crippen molar-refractivity contribution in [3.63, 3.8) is 0 Å². The van der Waals surface area contributed by atoms with Gasteiger partial charge < -0.3 is 5.11 Å². The fourth-order valence-corrected chi connectivity index (χ4v) is 2.64. The average molecular weight is 293 g/mol. The lowest BCUT2D eigenvalue weighted by molar-refractivity contribution is -0.134. The third kappa shape index (κ3) is 3.71. The van der Waals surface area contributed by atoms with Crippen molar-refractivity contribution < 1.29 is 27.1 Å². The number of carboxylic acid groups (broad SMARTS) is 1. The van der Waals surface area contributed by atoms with Crippen LogP contribution in [-0.2, 0) is 14.8 Å². The predicted molar refractivity (Wildman–Crippen MR) is 64.0 cm³/mol. The Morgan fingerprint density at radius 3 is 2.53 bits per heavy atom. The number of hydrogen-bond acceptors (Lipinski definition) is 3. The van der Waals surface area contributed by atoms with Crippen molar-refractivity contribution in [1.82, 2.24) is 4.31 Å². The summed E-state index contributed by atoms with van der Waals surface area (Å²) in [6.07, 6.45) is 0. The van der Waals surface area contributed by atoms with Crippen LogP contribution in [-0.4, -0.2) is 36.6 Å². The standard InChI is InChI=1S/C11H13F2NO4S/c1-7(9-5-8(12)3-4-10(9)13)14(2)19(17,18)6-11(15)16/h3-5,7H,6H2,1-2H3,(H,15,16). The van der Waals surface area contributed by atoms with E-state index in [0.29, 0.717) is 4.31 Å². The summed E-state index contributed by atoms with van der Waals surface area (Å²) >= 11 is 0. The first-order chi connectivity index (χ1) is 8.65. The monoisotopic (exact) mass is 293 g/mol. The molecule has 1 aromatic rings. The quantitative estimate of drug-likeness (QED) is 0.889. The van der Waals surface area contributed by atoms with E-state index < -0.39 is 39.4 Å². The van der Waals surface area contributed by atoms with E-state index in [1.165, 1.54) is 6.92 Å². The molecule has 0 saturated carbocycles. The van der Waals surface area contributed by atoms with Gasteiger partial charge in [0, 0.05) is 18.7 Å². The van der Waals surface area contributed by atoms with Crippen LogP contribution in [0.5, 0.6) is 0 Å². The van der Waals surface area contributed by atoms with E-state index in [2.05, 4.69) is 0 Å². The number of halogens is 2. The zero-order chi connectivity index (χ0) is 14.8. The number of sulfonamides is 1. The summed E-state index contributed by atoms with van der Waals surface area (Å²) in [7, 11) is -2.97. The molecule has 0 spiro atoms. The number of benzene rings is 1. The molecule has 0 radical (unpaired) electrons. The molecule has 1 atom stereocenters. The lowest BCUT2D eigenvalue weighted by Crippen LogP contribution is -2.34. The Balaban J connectivity index is 3.09. The van der Waals surface area contributed by atoms with E-state index in [1.54, 1.807) is 0 Å². The van der Waals surface area contributed by atoms with Crippen molar-refractivity contribution in [2.45, 2.75) is 13.0 Å². The fourth-order valence-electron chi connectivity index (χ4n) is 1.53. The molecular formula is C11H13F2NO4S. The average Bonchev–Trinajstić information content (AvgIpc) is 2.28. The number of carboxylic acids is 1. The molecule has 1 N–H and O–H groups in total. The Labute approximate surface area is 109 Å². The van der Waals surface area contributed by atoms with Crippen LogP contribution >= 0.6 is 0 Å². The number of nitrogens with zero attached hydrogens (tertiary/aromatic N) is 1. The molecule has 0 amide bonds. The number of aliphatic carboxylic acids is 1. The normalized spacial score (nSPS) is 13.5. The summed E-state index contributed by atoms with van der Waals surface area (Å²) < 4.78 is 50.6. The van der Waals surface area contributed by atoms with E-state index in [1.807, 2.05) is 0 Å². The van der Waals surface area contributed by atoms with Crippen molar-refractivity contribution in [2.24, 2.45) is 0 Å². The molecular weight excluding hydrogens is 280 g/mol. The van der Waals surface area contributed by atoms with Gasteiger partial charge in [0.15, 0.2) is 5.75 Å². The maximum atomic E-state index is 13.5. The van der Waals surface area contributed by atoms with Crippen LogP contribution in [0.4, 0.5) is 8.78 Å². The highest BCUT2D eigenvalue weighted by atomic mass is 32.2. The molecule has 0 aliphatic carbocycles. The molecule has 0 fully saturated rings. The van der Waals surface area contributed by atoms with Crippen molar-refractivity contribution in [3.05, 3.63) is 35.4 Å². The summed E-state index contributed by atoms with van der Waals surface area (Å²) in [5.74, 6) is -4.08. The van der Waals surface area contributed by atoms with Crippen LogP contribution in [0.1, 0.15) is 18.5 Å². The van der Waals surface area contributed by atoms with Crippen LogP contribution in [0.2, 0.25) is 0 Å². The molecule has 1 aromatic carbocycles. The second-order valence-corrected chi connectivity index (χ2v) is 6.04. The Morgan fingerprint density at radius 1 is 1.42 bits per heavy atom. The smallest absolute Gasteiger partial charge is 0.320 e.